The normalized spacial score (nSPS) is 11.0. The minimum atomic E-state index is 0.718. The van der Waals surface area contributed by atoms with Crippen LogP contribution in [0.4, 0.5) is 5.13 Å². The second kappa shape index (κ2) is 7.94. The van der Waals surface area contributed by atoms with Crippen LogP contribution < -0.4 is 14.8 Å². The maximum absolute atomic E-state index is 5.54. The lowest BCUT2D eigenvalue weighted by atomic mass is 10.1. The molecule has 0 saturated carbocycles. The molecule has 0 radical (unpaired) electrons. The van der Waals surface area contributed by atoms with E-state index in [0.29, 0.717) is 0 Å². The number of nitrogens with one attached hydrogen (secondary N) is 1. The fraction of sp³-hybridized carbons (Fsp3) is 0.227. The average molecular weight is 394 g/mol. The smallest absolute Gasteiger partial charge is 0.183 e. The van der Waals surface area contributed by atoms with Gasteiger partial charge in [-0.25, -0.2) is 4.98 Å². The standard InChI is InChI=1S/C22H23N3O2S/c1-4-23-22-24-18(14-28-22)17-13-25(12-15-8-6-5-7-9-15)19-11-21(27-3)20(26-2)10-16(17)19/h5-11,13-14H,4,12H2,1-3H3,(H,23,24). The van der Waals surface area contributed by atoms with Crippen molar-refractivity contribution in [3.63, 3.8) is 0 Å². The summed E-state index contributed by atoms with van der Waals surface area (Å²) in [5.74, 6) is 1.44. The van der Waals surface area contributed by atoms with Gasteiger partial charge in [0.2, 0.25) is 0 Å². The van der Waals surface area contributed by atoms with Gasteiger partial charge in [-0.2, -0.15) is 0 Å². The Hall–Kier alpha value is -2.99. The molecule has 2 aromatic heterocycles. The minimum Gasteiger partial charge on any atom is -0.493 e. The molecule has 0 spiro atoms. The predicted octanol–water partition coefficient (Wildman–Crippen LogP) is 5.26. The number of fused-ring (bicyclic) bond motifs is 1. The number of aromatic nitrogens is 2. The fourth-order valence-corrected chi connectivity index (χ4v) is 4.14. The van der Waals surface area contributed by atoms with Crippen LogP contribution in [0.1, 0.15) is 12.5 Å². The highest BCUT2D eigenvalue weighted by Gasteiger charge is 2.17. The molecule has 2 heterocycles. The Morgan fingerprint density at radius 1 is 1.07 bits per heavy atom. The Morgan fingerprint density at radius 2 is 1.82 bits per heavy atom. The van der Waals surface area contributed by atoms with Gasteiger partial charge in [-0.3, -0.25) is 0 Å². The maximum Gasteiger partial charge on any atom is 0.183 e. The van der Waals surface area contributed by atoms with Gasteiger partial charge in [0.05, 0.1) is 25.4 Å². The summed E-state index contributed by atoms with van der Waals surface area (Å²) < 4.78 is 13.3. The first-order chi connectivity index (χ1) is 13.7. The zero-order valence-corrected chi connectivity index (χ0v) is 17.0. The van der Waals surface area contributed by atoms with Crippen molar-refractivity contribution in [2.75, 3.05) is 26.1 Å². The average Bonchev–Trinajstić information content (AvgIpc) is 3.32. The van der Waals surface area contributed by atoms with Crippen LogP contribution in [0.2, 0.25) is 0 Å². The van der Waals surface area contributed by atoms with Crippen LogP contribution in [-0.2, 0) is 6.54 Å². The molecule has 28 heavy (non-hydrogen) atoms. The second-order valence-electron chi connectivity index (χ2n) is 6.45. The van der Waals surface area contributed by atoms with Gasteiger partial charge in [0, 0.05) is 41.7 Å². The Kier molecular flexibility index (Phi) is 5.21. The third-order valence-electron chi connectivity index (χ3n) is 4.69. The summed E-state index contributed by atoms with van der Waals surface area (Å²) in [6.45, 7) is 3.70. The van der Waals surface area contributed by atoms with Gasteiger partial charge in [-0.15, -0.1) is 11.3 Å². The first-order valence-corrected chi connectivity index (χ1v) is 10.1. The van der Waals surface area contributed by atoms with Crippen LogP contribution >= 0.6 is 11.3 Å². The molecule has 0 atom stereocenters. The Morgan fingerprint density at radius 3 is 2.54 bits per heavy atom. The Bertz CT molecular complexity index is 1090. The van der Waals surface area contributed by atoms with E-state index in [1.807, 2.05) is 18.2 Å². The first kappa shape index (κ1) is 18.4. The van der Waals surface area contributed by atoms with Crippen LogP contribution in [0.3, 0.4) is 0 Å². The van der Waals surface area contributed by atoms with Crippen molar-refractivity contribution in [3.05, 3.63) is 59.6 Å². The SMILES string of the molecule is CCNc1nc(-c2cn(Cc3ccccc3)c3cc(OC)c(OC)cc23)cs1. The zero-order chi connectivity index (χ0) is 19.5. The van der Waals surface area contributed by atoms with Crippen molar-refractivity contribution >= 4 is 27.4 Å². The Balaban J connectivity index is 1.88. The van der Waals surface area contributed by atoms with E-state index in [1.165, 1.54) is 5.56 Å². The number of rotatable bonds is 7. The predicted molar refractivity (Wildman–Crippen MR) is 116 cm³/mol. The number of methoxy groups -OCH3 is 2. The van der Waals surface area contributed by atoms with Crippen LogP contribution in [-0.4, -0.2) is 30.3 Å². The molecule has 0 aliphatic carbocycles. The summed E-state index contributed by atoms with van der Waals surface area (Å²) in [6, 6.07) is 14.5. The van der Waals surface area contributed by atoms with Gasteiger partial charge in [0.1, 0.15) is 0 Å². The molecular weight excluding hydrogens is 370 g/mol. The van der Waals surface area contributed by atoms with E-state index in [2.05, 4.69) is 52.7 Å². The molecule has 0 amide bonds. The first-order valence-electron chi connectivity index (χ1n) is 9.22. The summed E-state index contributed by atoms with van der Waals surface area (Å²) in [4.78, 5) is 4.76. The summed E-state index contributed by atoms with van der Waals surface area (Å²) in [6.07, 6.45) is 2.17. The summed E-state index contributed by atoms with van der Waals surface area (Å²) in [7, 11) is 3.33. The number of benzene rings is 2. The van der Waals surface area contributed by atoms with Crippen molar-refractivity contribution in [1.29, 1.82) is 0 Å². The highest BCUT2D eigenvalue weighted by Crippen LogP contribution is 2.39. The van der Waals surface area contributed by atoms with Crippen molar-refractivity contribution in [2.45, 2.75) is 13.5 Å². The van der Waals surface area contributed by atoms with E-state index in [4.69, 9.17) is 14.5 Å². The molecule has 0 aliphatic heterocycles. The van der Waals surface area contributed by atoms with E-state index in [1.54, 1.807) is 25.6 Å². The van der Waals surface area contributed by atoms with Crippen molar-refractivity contribution in [2.24, 2.45) is 0 Å². The van der Waals surface area contributed by atoms with Crippen LogP contribution in [0.15, 0.2) is 54.0 Å². The fourth-order valence-electron chi connectivity index (χ4n) is 3.36. The molecule has 2 aromatic carbocycles. The van der Waals surface area contributed by atoms with Crippen LogP contribution in [0.25, 0.3) is 22.2 Å². The lowest BCUT2D eigenvalue weighted by Crippen LogP contribution is -1.98. The minimum absolute atomic E-state index is 0.718. The quantitative estimate of drug-likeness (QED) is 0.465. The van der Waals surface area contributed by atoms with E-state index in [-0.39, 0.29) is 0 Å². The summed E-state index contributed by atoms with van der Waals surface area (Å²) >= 11 is 1.62. The van der Waals surface area contributed by atoms with Crippen molar-refractivity contribution in [1.82, 2.24) is 9.55 Å². The van der Waals surface area contributed by atoms with E-state index >= 15 is 0 Å². The molecule has 0 bridgehead atoms. The molecule has 0 unspecified atom stereocenters. The number of hydrogen-bond donors (Lipinski definition) is 1. The van der Waals surface area contributed by atoms with Gasteiger partial charge in [0.15, 0.2) is 16.6 Å². The van der Waals surface area contributed by atoms with Crippen molar-refractivity contribution in [3.8, 4) is 22.8 Å². The zero-order valence-electron chi connectivity index (χ0n) is 16.2. The number of anilines is 1. The van der Waals surface area contributed by atoms with Gasteiger partial charge in [0.25, 0.3) is 0 Å². The summed E-state index contributed by atoms with van der Waals surface area (Å²) in [5, 5.41) is 7.41. The third-order valence-corrected chi connectivity index (χ3v) is 5.49. The Labute approximate surface area is 168 Å². The number of nitrogens with zero attached hydrogens (tertiary/aromatic N) is 2. The summed E-state index contributed by atoms with van der Waals surface area (Å²) in [5.41, 5.74) is 4.39. The lowest BCUT2D eigenvalue weighted by Gasteiger charge is -2.10. The van der Waals surface area contributed by atoms with E-state index in [9.17, 15) is 0 Å². The van der Waals surface area contributed by atoms with Crippen LogP contribution in [0, 0.1) is 0 Å². The van der Waals surface area contributed by atoms with Gasteiger partial charge >= 0.3 is 0 Å². The van der Waals surface area contributed by atoms with Gasteiger partial charge < -0.3 is 19.4 Å². The largest absolute Gasteiger partial charge is 0.493 e. The highest BCUT2D eigenvalue weighted by molar-refractivity contribution is 7.14. The van der Waals surface area contributed by atoms with Gasteiger partial charge in [-0.1, -0.05) is 30.3 Å². The monoisotopic (exact) mass is 393 g/mol. The molecule has 144 valence electrons. The molecule has 0 saturated heterocycles. The lowest BCUT2D eigenvalue weighted by molar-refractivity contribution is 0.355. The maximum atomic E-state index is 5.54. The molecule has 1 N–H and O–H groups in total. The van der Waals surface area contributed by atoms with Crippen LogP contribution in [0.5, 0.6) is 11.5 Å². The second-order valence-corrected chi connectivity index (χ2v) is 7.31. The molecule has 4 rings (SSSR count). The van der Waals surface area contributed by atoms with Gasteiger partial charge in [-0.05, 0) is 18.6 Å². The number of thiazole rings is 1. The van der Waals surface area contributed by atoms with E-state index < -0.39 is 0 Å². The topological polar surface area (TPSA) is 48.3 Å². The molecule has 0 fully saturated rings. The number of hydrogen-bond acceptors (Lipinski definition) is 5. The van der Waals surface area contributed by atoms with E-state index in [0.717, 1.165) is 51.9 Å². The number of ether oxygens (including phenoxy) is 2. The van der Waals surface area contributed by atoms with Crippen molar-refractivity contribution < 1.29 is 9.47 Å². The highest BCUT2D eigenvalue weighted by atomic mass is 32.1. The molecule has 4 aromatic rings. The molecule has 5 nitrogen and oxygen atoms in total. The molecule has 6 heteroatoms. The molecular formula is C22H23N3O2S. The molecule has 0 aliphatic rings. The third kappa shape index (κ3) is 3.43.